The zero-order valence-corrected chi connectivity index (χ0v) is 9.68. The Morgan fingerprint density at radius 3 is 1.68 bits per heavy atom. The molecule has 0 bridgehead atoms. The van der Waals surface area contributed by atoms with Crippen LogP contribution >= 0.6 is 0 Å². The summed E-state index contributed by atoms with van der Waals surface area (Å²) < 4.78 is 139. The molecule has 15 heteroatoms. The van der Waals surface area contributed by atoms with Crippen molar-refractivity contribution in [1.29, 1.82) is 0 Å². The lowest BCUT2D eigenvalue weighted by Crippen LogP contribution is -2.62. The molecule has 0 aromatic rings. The predicted molar refractivity (Wildman–Crippen MR) is 41.8 cm³/mol. The molecular formula is C4H2F8NO4S2-. The molecule has 0 heterocycles. The molecule has 1 unspecified atom stereocenters. The van der Waals surface area contributed by atoms with E-state index in [-0.39, 0.29) is 4.13 Å². The Bertz CT molecular complexity index is 461. The molecule has 1 N–H and O–H groups in total. The Hall–Kier alpha value is -0.540. The summed E-state index contributed by atoms with van der Waals surface area (Å²) in [5.74, 6) is -13.8. The van der Waals surface area contributed by atoms with Crippen molar-refractivity contribution in [2.75, 3.05) is 0 Å². The van der Waals surface area contributed by atoms with Crippen LogP contribution in [0.4, 0.5) is 35.1 Å². The van der Waals surface area contributed by atoms with Crippen molar-refractivity contribution in [3.63, 3.8) is 0 Å². The van der Waals surface area contributed by atoms with Crippen LogP contribution < -0.4 is 4.13 Å². The maximum Gasteiger partial charge on any atom is 0.427 e. The Labute approximate surface area is 102 Å². The fourth-order valence-electron chi connectivity index (χ4n) is 0.642. The Balaban J connectivity index is 5.84. The topological polar surface area (TPSA) is 86.3 Å². The van der Waals surface area contributed by atoms with Crippen molar-refractivity contribution in [3.8, 4) is 0 Å². The van der Waals surface area contributed by atoms with Crippen molar-refractivity contribution in [2.24, 2.45) is 0 Å². The van der Waals surface area contributed by atoms with Gasteiger partial charge < -0.3 is 4.55 Å². The largest absolute Gasteiger partial charge is 0.759 e. The molecule has 0 spiro atoms. The van der Waals surface area contributed by atoms with Crippen LogP contribution in [0.25, 0.3) is 0 Å². The highest BCUT2D eigenvalue weighted by molar-refractivity contribution is 8.00. The van der Waals surface area contributed by atoms with Gasteiger partial charge in [-0.25, -0.2) is 17.2 Å². The van der Waals surface area contributed by atoms with E-state index in [0.29, 0.717) is 0 Å². The number of hydrogen-bond donors (Lipinski definition) is 1. The Morgan fingerprint density at radius 1 is 1.05 bits per heavy atom. The maximum atomic E-state index is 12.7. The van der Waals surface area contributed by atoms with Crippen LogP contribution in [0.1, 0.15) is 0 Å². The lowest BCUT2D eigenvalue weighted by molar-refractivity contribution is -0.314. The van der Waals surface area contributed by atoms with Gasteiger partial charge in [0, 0.05) is 11.3 Å². The first kappa shape index (κ1) is 18.5. The van der Waals surface area contributed by atoms with Gasteiger partial charge in [-0.2, -0.15) is 26.3 Å². The third-order valence-electron chi connectivity index (χ3n) is 1.57. The highest BCUT2D eigenvalue weighted by Crippen LogP contribution is 2.50. The summed E-state index contributed by atoms with van der Waals surface area (Å²) in [6.45, 7) is 0. The molecule has 0 fully saturated rings. The van der Waals surface area contributed by atoms with Gasteiger partial charge in [-0.15, -0.1) is 4.13 Å². The molecule has 0 rings (SSSR count). The molecule has 19 heavy (non-hydrogen) atoms. The van der Waals surface area contributed by atoms with Crippen LogP contribution in [0.15, 0.2) is 0 Å². The molecule has 116 valence electrons. The minimum absolute atomic E-state index is 0.143. The molecule has 0 radical (unpaired) electrons. The number of halogens is 8. The zero-order chi connectivity index (χ0) is 15.9. The van der Waals surface area contributed by atoms with Crippen LogP contribution in [0, 0.1) is 0 Å². The van der Waals surface area contributed by atoms with Gasteiger partial charge in [-0.3, -0.25) is 4.21 Å². The van der Waals surface area contributed by atoms with E-state index in [1.54, 1.807) is 0 Å². The SMILES string of the molecule is O=S([O-])NS(=O)(=O)C(F)(F)C(F)(F)C(F)(F)C(F)F. The molecule has 1 atom stereocenters. The van der Waals surface area contributed by atoms with Crippen LogP contribution in [-0.4, -0.2) is 40.7 Å². The summed E-state index contributed by atoms with van der Waals surface area (Å²) in [5.41, 5.74) is 0. The summed E-state index contributed by atoms with van der Waals surface area (Å²) in [6.07, 6.45) is -5.32. The molecule has 0 aromatic heterocycles. The van der Waals surface area contributed by atoms with E-state index < -0.39 is 44.8 Å². The van der Waals surface area contributed by atoms with Gasteiger partial charge >= 0.3 is 23.5 Å². The van der Waals surface area contributed by atoms with E-state index in [0.717, 1.165) is 0 Å². The summed E-state index contributed by atoms with van der Waals surface area (Å²) >= 11 is -4.09. The van der Waals surface area contributed by atoms with Crippen molar-refractivity contribution in [2.45, 2.75) is 23.5 Å². The van der Waals surface area contributed by atoms with E-state index in [1.807, 2.05) is 0 Å². The zero-order valence-electron chi connectivity index (χ0n) is 8.05. The second kappa shape index (κ2) is 5.10. The van der Waals surface area contributed by atoms with Crippen molar-refractivity contribution < 1.29 is 52.3 Å². The summed E-state index contributed by atoms with van der Waals surface area (Å²) in [4.78, 5) is 0. The Kier molecular flexibility index (Phi) is 4.95. The van der Waals surface area contributed by atoms with E-state index >= 15 is 0 Å². The predicted octanol–water partition coefficient (Wildman–Crippen LogP) is 0.828. The fourth-order valence-corrected chi connectivity index (χ4v) is 2.25. The first-order valence-electron chi connectivity index (χ1n) is 3.64. The van der Waals surface area contributed by atoms with Crippen molar-refractivity contribution in [3.05, 3.63) is 0 Å². The number of nitrogens with one attached hydrogen (secondary N) is 1. The van der Waals surface area contributed by atoms with Crippen molar-refractivity contribution in [1.82, 2.24) is 4.13 Å². The average Bonchev–Trinajstić information content (AvgIpc) is 2.14. The summed E-state index contributed by atoms with van der Waals surface area (Å²) in [7, 11) is -6.89. The molecule has 0 aromatic carbocycles. The second-order valence-electron chi connectivity index (χ2n) is 2.84. The van der Waals surface area contributed by atoms with Crippen LogP contribution in [-0.2, 0) is 21.3 Å². The van der Waals surface area contributed by atoms with Gasteiger partial charge in [0.05, 0.1) is 0 Å². The first-order chi connectivity index (χ1) is 8.11. The van der Waals surface area contributed by atoms with Crippen LogP contribution in [0.2, 0.25) is 0 Å². The monoisotopic (exact) mass is 344 g/mol. The molecule has 5 nitrogen and oxygen atoms in total. The van der Waals surface area contributed by atoms with Crippen molar-refractivity contribution >= 4 is 21.3 Å². The van der Waals surface area contributed by atoms with Gasteiger partial charge in [0.15, 0.2) is 0 Å². The third kappa shape index (κ3) is 2.97. The molecule has 0 amide bonds. The second-order valence-corrected chi connectivity index (χ2v) is 5.49. The standard InChI is InChI=1S/C4H3F8NO4S2/c5-1(6)2(7,8)3(9,10)4(11,12)19(16,17)13-18(14)15/h1,13H,(H,14,15)/p-1. The third-order valence-corrected chi connectivity index (χ3v) is 3.93. The Morgan fingerprint density at radius 2 is 1.42 bits per heavy atom. The first-order valence-corrected chi connectivity index (χ1v) is 6.20. The molecule has 0 aliphatic heterocycles. The lowest BCUT2D eigenvalue weighted by atomic mass is 10.2. The maximum absolute atomic E-state index is 12.7. The molecule has 0 aliphatic rings. The number of hydrogen-bond acceptors (Lipinski definition) is 4. The highest BCUT2D eigenvalue weighted by atomic mass is 32.3. The van der Waals surface area contributed by atoms with E-state index in [9.17, 15) is 52.3 Å². The molecule has 0 saturated carbocycles. The molecule has 0 aliphatic carbocycles. The van der Waals surface area contributed by atoms with E-state index in [4.69, 9.17) is 0 Å². The highest BCUT2D eigenvalue weighted by Gasteiger charge is 2.80. The van der Waals surface area contributed by atoms with Gasteiger partial charge in [0.1, 0.15) is 0 Å². The summed E-state index contributed by atoms with van der Waals surface area (Å²) in [6, 6.07) is 0. The van der Waals surface area contributed by atoms with Crippen LogP contribution in [0.5, 0.6) is 0 Å². The summed E-state index contributed by atoms with van der Waals surface area (Å²) in [5, 5.41) is -6.81. The molecule has 0 saturated heterocycles. The fraction of sp³-hybridized carbons (Fsp3) is 1.00. The number of alkyl halides is 8. The van der Waals surface area contributed by atoms with E-state index in [2.05, 4.69) is 0 Å². The number of sulfonamides is 1. The molecular weight excluding hydrogens is 342 g/mol. The lowest BCUT2D eigenvalue weighted by Gasteiger charge is -2.31. The quantitative estimate of drug-likeness (QED) is 0.571. The minimum atomic E-state index is -7.06. The smallest absolute Gasteiger partial charge is 0.427 e. The van der Waals surface area contributed by atoms with Gasteiger partial charge in [-0.05, 0) is 0 Å². The van der Waals surface area contributed by atoms with Gasteiger partial charge in [0.2, 0.25) is 0 Å². The van der Waals surface area contributed by atoms with Gasteiger partial charge in [-0.1, -0.05) is 0 Å². The van der Waals surface area contributed by atoms with E-state index in [1.165, 1.54) is 0 Å². The number of rotatable bonds is 6. The normalized spacial score (nSPS) is 16.7. The van der Waals surface area contributed by atoms with Gasteiger partial charge in [0.25, 0.3) is 10.0 Å². The minimum Gasteiger partial charge on any atom is -0.759 e. The van der Waals surface area contributed by atoms with Crippen LogP contribution in [0.3, 0.4) is 0 Å². The average molecular weight is 344 g/mol.